The van der Waals surface area contributed by atoms with E-state index < -0.39 is 18.1 Å². The number of hydrogen-bond donors (Lipinski definition) is 0. The predicted molar refractivity (Wildman–Crippen MR) is 336 cm³/mol. The molecule has 0 unspecified atom stereocenters. The van der Waals surface area contributed by atoms with E-state index in [0.717, 1.165) is 116 Å². The molecule has 0 saturated heterocycles. The van der Waals surface area contributed by atoms with Crippen LogP contribution >= 0.6 is 0 Å². The van der Waals surface area contributed by atoms with Crippen LogP contribution in [0.3, 0.4) is 0 Å². The summed E-state index contributed by atoms with van der Waals surface area (Å²) in [6, 6.07) is 69.8. The molecule has 17 rings (SSSR count). The lowest BCUT2D eigenvalue weighted by Crippen LogP contribution is -2.32. The summed E-state index contributed by atoms with van der Waals surface area (Å²) in [4.78, 5) is 4.93. The number of nitrogens with zero attached hydrogens (tertiary/aromatic N) is 4. The van der Waals surface area contributed by atoms with Crippen LogP contribution in [0, 0.1) is 6.33 Å². The molecule has 0 N–H and O–H groups in total. The molecule has 0 fully saturated rings. The van der Waals surface area contributed by atoms with Gasteiger partial charge in [0.1, 0.15) is 39.6 Å². The smallest absolute Gasteiger partial charge is 0.269 e. The number of pyridine rings is 1. The second-order valence-corrected chi connectivity index (χ2v) is 22.4. The maximum atomic E-state index is 9.79. The zero-order chi connectivity index (χ0) is 59.4. The minimum atomic E-state index is -0.486. The number of furan rings is 2. The lowest BCUT2D eigenvalue weighted by atomic mass is 9.86. The van der Waals surface area contributed by atoms with Crippen molar-refractivity contribution in [2.75, 3.05) is 0 Å². The van der Waals surface area contributed by atoms with Gasteiger partial charge in [-0.1, -0.05) is 178 Å². The molecule has 7 heteroatoms. The Bertz CT molecular complexity index is 5660. The minimum Gasteiger partial charge on any atom is -0.458 e. The van der Waals surface area contributed by atoms with Crippen molar-refractivity contribution >= 4 is 76.7 Å². The summed E-state index contributed by atoms with van der Waals surface area (Å²) in [5.74, 6) is 2.03. The van der Waals surface area contributed by atoms with E-state index >= 15 is 0 Å². The highest BCUT2D eigenvalue weighted by molar-refractivity contribution is 6.19. The molecule has 1 aliphatic rings. The average Bonchev–Trinajstić information content (AvgIpc) is 1.52. The first-order valence-electron chi connectivity index (χ1n) is 30.3. The lowest BCUT2D eigenvalue weighted by molar-refractivity contribution is -0.570. The van der Waals surface area contributed by atoms with Gasteiger partial charge in [-0.3, -0.25) is 13.7 Å². The van der Waals surface area contributed by atoms with E-state index in [9.17, 15) is 5.48 Å². The van der Waals surface area contributed by atoms with Gasteiger partial charge in [0, 0.05) is 55.7 Å². The molecule has 5 aromatic heterocycles. The molecule has 1 aliphatic heterocycles. The molecule has 0 bridgehead atoms. The highest BCUT2D eigenvalue weighted by Crippen LogP contribution is 2.50. The van der Waals surface area contributed by atoms with Crippen LogP contribution in [0.4, 0.5) is 0 Å². The highest BCUT2D eigenvalue weighted by atomic mass is 16.5. The molecule has 0 atom stereocenters. The fraction of sp³-hybridized carbons (Fsp3) is 0.0526. The summed E-state index contributed by atoms with van der Waals surface area (Å²) >= 11 is 0. The number of hydrogen-bond acceptors (Lipinski definition) is 4. The molecule has 6 heterocycles. The maximum Gasteiger partial charge on any atom is 0.269 e. The van der Waals surface area contributed by atoms with Crippen molar-refractivity contribution in [2.24, 2.45) is 0 Å². The molecular weight excluding hydrogens is 1020 g/mol. The molecule has 11 aromatic carbocycles. The monoisotopic (exact) mass is 1070 g/mol. The normalized spacial score (nSPS) is 13.1. The minimum absolute atomic E-state index is 0.0346. The lowest BCUT2D eigenvalue weighted by Gasteiger charge is -2.21. The van der Waals surface area contributed by atoms with Gasteiger partial charge in [0.2, 0.25) is 0 Å². The average molecular weight is 1070 g/mol. The Morgan fingerprint density at radius 3 is 1.90 bits per heavy atom. The van der Waals surface area contributed by atoms with Crippen LogP contribution in [0.1, 0.15) is 33.2 Å². The van der Waals surface area contributed by atoms with Gasteiger partial charge in [-0.25, -0.2) is 4.98 Å². The van der Waals surface area contributed by atoms with Gasteiger partial charge < -0.3 is 13.6 Å². The largest absolute Gasteiger partial charge is 0.458 e. The first-order chi connectivity index (χ1) is 42.9. The number of ether oxygens (including phenoxy) is 1. The van der Waals surface area contributed by atoms with Crippen LogP contribution in [-0.2, 0) is 5.41 Å². The Morgan fingerprint density at radius 1 is 0.482 bits per heavy atom. The molecule has 0 saturated carbocycles. The van der Waals surface area contributed by atoms with E-state index in [0.29, 0.717) is 39.4 Å². The van der Waals surface area contributed by atoms with Crippen LogP contribution in [-0.4, -0.2) is 14.1 Å². The van der Waals surface area contributed by atoms with Gasteiger partial charge in [0.25, 0.3) is 6.33 Å². The van der Waals surface area contributed by atoms with Crippen molar-refractivity contribution in [3.63, 3.8) is 0 Å². The number of para-hydroxylation sites is 4. The number of fused-ring (bicyclic) bond motifs is 17. The van der Waals surface area contributed by atoms with Gasteiger partial charge >= 0.3 is 0 Å². The van der Waals surface area contributed by atoms with Crippen LogP contribution in [0.25, 0.3) is 150 Å². The van der Waals surface area contributed by atoms with Crippen molar-refractivity contribution in [3.8, 4) is 84.3 Å². The van der Waals surface area contributed by atoms with Crippen molar-refractivity contribution in [1.82, 2.24) is 14.1 Å². The van der Waals surface area contributed by atoms with Crippen molar-refractivity contribution in [1.29, 1.82) is 0 Å². The van der Waals surface area contributed by atoms with Crippen molar-refractivity contribution < 1.29 is 25.0 Å². The van der Waals surface area contributed by atoms with E-state index in [1.165, 1.54) is 5.56 Å². The van der Waals surface area contributed by atoms with Crippen LogP contribution in [0.2, 0.25) is 0 Å². The zero-order valence-electron chi connectivity index (χ0n) is 50.3. The molecule has 0 radical (unpaired) electrons. The quantitative estimate of drug-likeness (QED) is 0.123. The Morgan fingerprint density at radius 2 is 1.11 bits per heavy atom. The molecule has 0 amide bonds. The topological polar surface area (TPSA) is 62.1 Å². The molecule has 16 aromatic rings. The van der Waals surface area contributed by atoms with Gasteiger partial charge in [-0.05, 0) is 134 Å². The molecule has 7 nitrogen and oxygen atoms in total. The van der Waals surface area contributed by atoms with Crippen molar-refractivity contribution in [3.05, 3.63) is 261 Å². The van der Waals surface area contributed by atoms with E-state index in [-0.39, 0.29) is 23.1 Å². The number of aromatic nitrogens is 4. The highest BCUT2D eigenvalue weighted by Gasteiger charge is 2.31. The van der Waals surface area contributed by atoms with Gasteiger partial charge in [-0.15, -0.1) is 0 Å². The first kappa shape index (κ1) is 42.2. The van der Waals surface area contributed by atoms with Crippen molar-refractivity contribution in [2.45, 2.75) is 26.2 Å². The fourth-order valence-corrected chi connectivity index (χ4v) is 12.8. The third-order valence-corrected chi connectivity index (χ3v) is 16.6. The number of rotatable bonds is 6. The van der Waals surface area contributed by atoms with E-state index in [2.05, 4.69) is 135 Å². The molecule has 0 aliphatic carbocycles. The second-order valence-electron chi connectivity index (χ2n) is 22.4. The Labute approximate surface area is 484 Å². The van der Waals surface area contributed by atoms with Crippen LogP contribution in [0.15, 0.2) is 258 Å². The Balaban J connectivity index is 0.960. The Hall–Kier alpha value is -10.8. The van der Waals surface area contributed by atoms with Crippen LogP contribution in [0.5, 0.6) is 11.5 Å². The van der Waals surface area contributed by atoms with Gasteiger partial charge in [0.05, 0.1) is 40.3 Å². The second kappa shape index (κ2) is 17.9. The summed E-state index contributed by atoms with van der Waals surface area (Å²) in [5, 5.41) is 5.90. The van der Waals surface area contributed by atoms with E-state index in [1.54, 1.807) is 0 Å². The summed E-state index contributed by atoms with van der Waals surface area (Å²) < 4.78 is 73.9. The first-order valence-corrected chi connectivity index (χ1v) is 27.8. The summed E-state index contributed by atoms with van der Waals surface area (Å²) in [6.07, 6.45) is 5.78. The maximum absolute atomic E-state index is 9.79. The number of imidazole rings is 1. The van der Waals surface area contributed by atoms with Gasteiger partial charge in [-0.2, -0.15) is 0 Å². The summed E-state index contributed by atoms with van der Waals surface area (Å²) in [7, 11) is 0. The van der Waals surface area contributed by atoms with Gasteiger partial charge in [0.15, 0.2) is 0 Å². The standard InChI is InChI=1S/C76H50N4O3/c1-76(2,3)48-37-38-77-70(41-48)80-65-32-14-11-26-56(65)57-36-35-51(43-66(57)80)81-50-22-17-21-49(42-50)78-45-79-72-62(46-19-5-4-6-20-46)39-47(52-30-18-31-61-58-27-12-15-33-68(58)82-74(52)61)40-63(72)55-25-8-7-23-53(55)54-24-9-10-29-60(54)71-73(79)67(78)44-64-59-28-13-16-34-69(59)83-75(64)71/h4-44H,1-3H3/i4D,5D,6D,19D,20D. The Kier molecular flexibility index (Phi) is 9.08. The molecule has 0 spiro atoms. The van der Waals surface area contributed by atoms with Crippen LogP contribution < -0.4 is 9.30 Å². The van der Waals surface area contributed by atoms with E-state index in [4.69, 9.17) is 19.9 Å². The summed E-state index contributed by atoms with van der Waals surface area (Å²) in [5.41, 5.74) is 15.6. The molecule has 83 heavy (non-hydrogen) atoms. The third-order valence-electron chi connectivity index (χ3n) is 16.6. The SMILES string of the molecule is [2H]c1c([2H])c([2H])c(-c2cc(-c3cccc4c3oc3ccccc34)cc3c2-[n+]2[c-]n(-c4cccc(Oc5ccc6c7ccccc7n(-c7cc(C(C)(C)C)ccn7)c6c5)c4)c4cc5c(oc6ccccc65)c(c42)-c2ccccc2-c2ccccc2-3)c([2H])c1[2H]. The fourth-order valence-electron chi connectivity index (χ4n) is 12.8. The third kappa shape index (κ3) is 7.24. The van der Waals surface area contributed by atoms with E-state index in [1.807, 2.05) is 125 Å². The zero-order valence-corrected chi connectivity index (χ0v) is 45.3. The molecular formula is C76H50N4O3. The summed E-state index contributed by atoms with van der Waals surface area (Å²) in [6.45, 7) is 6.63. The predicted octanol–water partition coefficient (Wildman–Crippen LogP) is 19.7. The number of benzene rings is 11. The molecule has 392 valence electrons.